The largest absolute Gasteiger partial charge is 0.497 e. The number of ether oxygens (including phenoxy) is 2. The summed E-state index contributed by atoms with van der Waals surface area (Å²) in [6, 6.07) is 19.2. The van der Waals surface area contributed by atoms with Crippen LogP contribution in [0.2, 0.25) is 0 Å². The van der Waals surface area contributed by atoms with Crippen LogP contribution >= 0.6 is 0 Å². The topological polar surface area (TPSA) is 102 Å². The van der Waals surface area contributed by atoms with Gasteiger partial charge in [0, 0.05) is 12.7 Å². The molecule has 0 saturated heterocycles. The van der Waals surface area contributed by atoms with Gasteiger partial charge in [0.25, 0.3) is 15.9 Å². The van der Waals surface area contributed by atoms with E-state index in [0.717, 1.165) is 9.87 Å². The molecule has 172 valence electrons. The summed E-state index contributed by atoms with van der Waals surface area (Å²) in [5, 5.41) is 2.67. The highest BCUT2D eigenvalue weighted by Crippen LogP contribution is 2.25. The molecule has 33 heavy (non-hydrogen) atoms. The SMILES string of the molecule is COc1ccc(N(C)S(=O)(=O)c2cccc(C(=O)OCC(=O)Nc3ccccc3C)c2)cc1. The number of anilines is 2. The Balaban J connectivity index is 1.69. The van der Waals surface area contributed by atoms with E-state index in [-0.39, 0.29) is 10.5 Å². The lowest BCUT2D eigenvalue weighted by molar-refractivity contribution is -0.119. The molecule has 8 nitrogen and oxygen atoms in total. The van der Waals surface area contributed by atoms with Gasteiger partial charge < -0.3 is 14.8 Å². The molecule has 0 spiro atoms. The molecule has 3 rings (SSSR count). The van der Waals surface area contributed by atoms with Crippen molar-refractivity contribution in [1.29, 1.82) is 0 Å². The van der Waals surface area contributed by atoms with Crippen molar-refractivity contribution in [3.8, 4) is 5.75 Å². The number of nitrogens with zero attached hydrogens (tertiary/aromatic N) is 1. The van der Waals surface area contributed by atoms with Gasteiger partial charge >= 0.3 is 5.97 Å². The first-order chi connectivity index (χ1) is 15.7. The zero-order valence-electron chi connectivity index (χ0n) is 18.4. The number of sulfonamides is 1. The summed E-state index contributed by atoms with van der Waals surface area (Å²) in [6.07, 6.45) is 0. The van der Waals surface area contributed by atoms with Crippen molar-refractivity contribution in [2.45, 2.75) is 11.8 Å². The number of methoxy groups -OCH3 is 1. The predicted molar refractivity (Wildman–Crippen MR) is 125 cm³/mol. The summed E-state index contributed by atoms with van der Waals surface area (Å²) in [5.74, 6) is -0.708. The molecule has 3 aromatic rings. The smallest absolute Gasteiger partial charge is 0.338 e. The van der Waals surface area contributed by atoms with E-state index in [2.05, 4.69) is 5.32 Å². The third-order valence-corrected chi connectivity index (χ3v) is 6.70. The number of amides is 1. The first kappa shape index (κ1) is 23.8. The second-order valence-corrected chi connectivity index (χ2v) is 9.11. The Morgan fingerprint density at radius 3 is 2.33 bits per heavy atom. The van der Waals surface area contributed by atoms with Gasteiger partial charge in [-0.05, 0) is 61.0 Å². The molecule has 0 fully saturated rings. The van der Waals surface area contributed by atoms with Crippen LogP contribution in [0.25, 0.3) is 0 Å². The van der Waals surface area contributed by atoms with E-state index >= 15 is 0 Å². The van der Waals surface area contributed by atoms with Crippen LogP contribution in [-0.4, -0.2) is 41.1 Å². The summed E-state index contributed by atoms with van der Waals surface area (Å²) in [5.41, 5.74) is 1.93. The molecule has 0 radical (unpaired) electrons. The maximum Gasteiger partial charge on any atom is 0.338 e. The standard InChI is InChI=1S/C24H24N2O6S/c1-17-7-4-5-10-22(17)25-23(27)16-32-24(28)18-8-6-9-21(15-18)33(29,30)26(2)19-11-13-20(31-3)14-12-19/h4-15H,16H2,1-3H3,(H,25,27). The summed E-state index contributed by atoms with van der Waals surface area (Å²) >= 11 is 0. The van der Waals surface area contributed by atoms with Gasteiger partial charge in [0.05, 0.1) is 23.3 Å². The fourth-order valence-electron chi connectivity index (χ4n) is 2.99. The first-order valence-corrected chi connectivity index (χ1v) is 11.4. The van der Waals surface area contributed by atoms with E-state index < -0.39 is 28.5 Å². The molecule has 0 heterocycles. The second-order valence-electron chi connectivity index (χ2n) is 7.14. The van der Waals surface area contributed by atoms with Crippen LogP contribution in [0.1, 0.15) is 15.9 Å². The van der Waals surface area contributed by atoms with Crippen molar-refractivity contribution in [3.05, 3.63) is 83.9 Å². The molecular weight excluding hydrogens is 444 g/mol. The summed E-state index contributed by atoms with van der Waals surface area (Å²) < 4.78 is 37.3. The Bertz CT molecular complexity index is 1260. The van der Waals surface area contributed by atoms with E-state index in [1.165, 1.54) is 38.4 Å². The zero-order chi connectivity index (χ0) is 24.0. The molecule has 0 atom stereocenters. The van der Waals surface area contributed by atoms with Crippen LogP contribution in [0.3, 0.4) is 0 Å². The van der Waals surface area contributed by atoms with Gasteiger partial charge in [-0.25, -0.2) is 13.2 Å². The van der Waals surface area contributed by atoms with Crippen molar-refractivity contribution >= 4 is 33.3 Å². The number of nitrogens with one attached hydrogen (secondary N) is 1. The number of benzene rings is 3. The third kappa shape index (κ3) is 5.69. The van der Waals surface area contributed by atoms with Crippen LogP contribution in [0.15, 0.2) is 77.7 Å². The Labute approximate surface area is 192 Å². The van der Waals surface area contributed by atoms with E-state index in [0.29, 0.717) is 17.1 Å². The second kappa shape index (κ2) is 10.2. The third-order valence-electron chi connectivity index (χ3n) is 4.92. The molecule has 0 unspecified atom stereocenters. The van der Waals surface area contributed by atoms with Crippen molar-refractivity contribution in [2.24, 2.45) is 0 Å². The van der Waals surface area contributed by atoms with Gasteiger partial charge in [-0.1, -0.05) is 24.3 Å². The normalized spacial score (nSPS) is 10.9. The molecule has 9 heteroatoms. The number of aryl methyl sites for hydroxylation is 1. The average molecular weight is 469 g/mol. The van der Waals surface area contributed by atoms with E-state index in [1.807, 2.05) is 19.1 Å². The molecule has 0 aromatic heterocycles. The first-order valence-electron chi connectivity index (χ1n) is 9.98. The van der Waals surface area contributed by atoms with E-state index in [9.17, 15) is 18.0 Å². The number of hydrogen-bond donors (Lipinski definition) is 1. The molecule has 0 aliphatic carbocycles. The number of para-hydroxylation sites is 1. The quantitative estimate of drug-likeness (QED) is 0.507. The lowest BCUT2D eigenvalue weighted by Gasteiger charge is -2.20. The van der Waals surface area contributed by atoms with Crippen LogP contribution in [0, 0.1) is 6.92 Å². The van der Waals surface area contributed by atoms with Crippen molar-refractivity contribution in [1.82, 2.24) is 0 Å². The number of rotatable bonds is 8. The number of esters is 1. The van der Waals surface area contributed by atoms with E-state index in [1.54, 1.807) is 36.4 Å². The molecule has 3 aromatic carbocycles. The van der Waals surface area contributed by atoms with Gasteiger partial charge in [0.15, 0.2) is 6.61 Å². The van der Waals surface area contributed by atoms with Gasteiger partial charge in [-0.2, -0.15) is 0 Å². The summed E-state index contributed by atoms with van der Waals surface area (Å²) in [6.45, 7) is 1.34. The molecule has 1 N–H and O–H groups in total. The van der Waals surface area contributed by atoms with E-state index in [4.69, 9.17) is 9.47 Å². The Hall–Kier alpha value is -3.85. The minimum absolute atomic E-state index is 0.0166. The molecule has 0 bridgehead atoms. The summed E-state index contributed by atoms with van der Waals surface area (Å²) in [7, 11) is -1.00. The molecule has 1 amide bonds. The fraction of sp³-hybridized carbons (Fsp3) is 0.167. The van der Waals surface area contributed by atoms with Crippen LogP contribution in [0.4, 0.5) is 11.4 Å². The van der Waals surface area contributed by atoms with Crippen LogP contribution in [0.5, 0.6) is 5.75 Å². The highest BCUT2D eigenvalue weighted by molar-refractivity contribution is 7.92. The maximum absolute atomic E-state index is 13.0. The van der Waals surface area contributed by atoms with Crippen LogP contribution in [-0.2, 0) is 19.6 Å². The van der Waals surface area contributed by atoms with Gasteiger partial charge in [0.2, 0.25) is 0 Å². The van der Waals surface area contributed by atoms with Gasteiger partial charge in [-0.15, -0.1) is 0 Å². The Kier molecular flexibility index (Phi) is 7.34. The molecule has 0 aliphatic rings. The monoisotopic (exact) mass is 468 g/mol. The van der Waals surface area contributed by atoms with Gasteiger partial charge in [-0.3, -0.25) is 9.10 Å². The maximum atomic E-state index is 13.0. The zero-order valence-corrected chi connectivity index (χ0v) is 19.3. The van der Waals surface area contributed by atoms with Crippen molar-refractivity contribution in [3.63, 3.8) is 0 Å². The lowest BCUT2D eigenvalue weighted by atomic mass is 10.2. The number of carbonyl (C=O) groups is 2. The molecule has 0 aliphatic heterocycles. The molecule has 0 saturated carbocycles. The Morgan fingerprint density at radius 2 is 1.67 bits per heavy atom. The predicted octanol–water partition coefficient (Wildman–Crippen LogP) is 3.62. The van der Waals surface area contributed by atoms with Crippen molar-refractivity contribution in [2.75, 3.05) is 30.4 Å². The highest BCUT2D eigenvalue weighted by atomic mass is 32.2. The van der Waals surface area contributed by atoms with Crippen LogP contribution < -0.4 is 14.4 Å². The average Bonchev–Trinajstić information content (AvgIpc) is 2.83. The summed E-state index contributed by atoms with van der Waals surface area (Å²) in [4.78, 5) is 24.5. The number of carbonyl (C=O) groups excluding carboxylic acids is 2. The fourth-order valence-corrected chi connectivity index (χ4v) is 4.23. The van der Waals surface area contributed by atoms with Gasteiger partial charge in [0.1, 0.15) is 5.75 Å². The molecular formula is C24H24N2O6S. The highest BCUT2D eigenvalue weighted by Gasteiger charge is 2.23. The minimum Gasteiger partial charge on any atom is -0.497 e. The lowest BCUT2D eigenvalue weighted by Crippen LogP contribution is -2.27. The number of hydrogen-bond acceptors (Lipinski definition) is 6. The Morgan fingerprint density at radius 1 is 0.970 bits per heavy atom. The minimum atomic E-state index is -3.94. The van der Waals surface area contributed by atoms with Crippen molar-refractivity contribution < 1.29 is 27.5 Å².